The first-order chi connectivity index (χ1) is 15.7. The van der Waals surface area contributed by atoms with E-state index >= 15 is 0 Å². The van der Waals surface area contributed by atoms with Crippen molar-refractivity contribution in [3.05, 3.63) is 56.1 Å². The number of fused-ring (bicyclic) bond motifs is 1. The number of alkyl halides is 3. The van der Waals surface area contributed by atoms with Gasteiger partial charge in [0.1, 0.15) is 11.2 Å². The summed E-state index contributed by atoms with van der Waals surface area (Å²) in [6.07, 6.45) is -1.40. The Labute approximate surface area is 205 Å². The van der Waals surface area contributed by atoms with Gasteiger partial charge in [0.25, 0.3) is 11.4 Å². The molecule has 34 heavy (non-hydrogen) atoms. The van der Waals surface area contributed by atoms with Crippen LogP contribution in [-0.2, 0) is 6.18 Å². The molecule has 0 unspecified atom stereocenters. The molecule has 4 aromatic rings. The Morgan fingerprint density at radius 2 is 1.79 bits per heavy atom. The van der Waals surface area contributed by atoms with E-state index in [9.17, 15) is 18.0 Å². The number of halogens is 6. The molecule has 5 rings (SSSR count). The normalized spacial score (nSPS) is 15.0. The zero-order valence-corrected chi connectivity index (χ0v) is 19.4. The Morgan fingerprint density at radius 1 is 1.12 bits per heavy atom. The summed E-state index contributed by atoms with van der Waals surface area (Å²) in [6, 6.07) is 3.02. The van der Waals surface area contributed by atoms with Gasteiger partial charge in [0, 0.05) is 12.0 Å². The summed E-state index contributed by atoms with van der Waals surface area (Å²) in [6.45, 7) is 1.68. The molecule has 0 atom stereocenters. The molecule has 1 aliphatic heterocycles. The van der Waals surface area contributed by atoms with Gasteiger partial charge < -0.3 is 14.8 Å². The molecule has 180 valence electrons. The summed E-state index contributed by atoms with van der Waals surface area (Å²) < 4.78 is 46.0. The second-order valence-corrected chi connectivity index (χ2v) is 8.45. The van der Waals surface area contributed by atoms with Gasteiger partial charge in [0.15, 0.2) is 0 Å². The number of nitrogens with one attached hydrogen (secondary N) is 2. The summed E-state index contributed by atoms with van der Waals surface area (Å²) in [5.41, 5.74) is 0.218. The van der Waals surface area contributed by atoms with Crippen LogP contribution in [0.1, 0.15) is 30.0 Å². The fourth-order valence-corrected chi connectivity index (χ4v) is 4.62. The Kier molecular flexibility index (Phi) is 6.65. The number of benzene rings is 1. The van der Waals surface area contributed by atoms with Crippen LogP contribution >= 0.6 is 35.6 Å². The number of aromatic amines is 1. The minimum atomic E-state index is -4.61. The number of H-pyrrole nitrogens is 1. The minimum absolute atomic E-state index is 0. The maximum atomic E-state index is 13.0. The predicted molar refractivity (Wildman–Crippen MR) is 122 cm³/mol. The van der Waals surface area contributed by atoms with Crippen LogP contribution in [0.2, 0.25) is 10.0 Å². The Morgan fingerprint density at radius 3 is 2.44 bits per heavy atom. The lowest BCUT2D eigenvalue weighted by Gasteiger charge is -2.23. The van der Waals surface area contributed by atoms with Crippen LogP contribution < -0.4 is 10.9 Å². The lowest BCUT2D eigenvalue weighted by Crippen LogP contribution is -2.28. The van der Waals surface area contributed by atoms with Crippen molar-refractivity contribution in [3.63, 3.8) is 0 Å². The molecule has 0 spiro atoms. The maximum absolute atomic E-state index is 13.0. The van der Waals surface area contributed by atoms with E-state index in [0.29, 0.717) is 11.2 Å². The van der Waals surface area contributed by atoms with Crippen molar-refractivity contribution in [1.29, 1.82) is 0 Å². The highest BCUT2D eigenvalue weighted by molar-refractivity contribution is 6.39. The van der Waals surface area contributed by atoms with Gasteiger partial charge in [-0.05, 0) is 38.1 Å². The molecular formula is C20H16Cl3F3N6O2. The second kappa shape index (κ2) is 9.21. The van der Waals surface area contributed by atoms with Crippen LogP contribution in [-0.4, -0.2) is 37.8 Å². The molecule has 2 N–H and O–H groups in total. The van der Waals surface area contributed by atoms with E-state index in [2.05, 4.69) is 25.5 Å². The largest absolute Gasteiger partial charge is 0.416 e. The summed E-state index contributed by atoms with van der Waals surface area (Å²) in [4.78, 5) is 19.3. The Hall–Kier alpha value is -2.60. The molecule has 0 radical (unpaired) electrons. The molecule has 3 aromatic heterocycles. The standard InChI is InChI=1S/C20H15Cl2F3N6O2.ClH/c21-12-5-10(20(23,24)25)6-13(22)16(12)17-29-19(33-30-17)11-8-27-31-14(7-15(32)28-18(11)31)9-1-3-26-4-2-9;/h5-9,26H,1-4H2,(H,28,32);1H. The molecule has 1 aromatic carbocycles. The molecule has 0 bridgehead atoms. The van der Waals surface area contributed by atoms with E-state index in [-0.39, 0.29) is 51.2 Å². The zero-order valence-electron chi connectivity index (χ0n) is 17.1. The van der Waals surface area contributed by atoms with E-state index in [1.165, 1.54) is 12.3 Å². The van der Waals surface area contributed by atoms with Crippen LogP contribution in [0.5, 0.6) is 0 Å². The first-order valence-corrected chi connectivity index (χ1v) is 10.7. The van der Waals surface area contributed by atoms with Crippen LogP contribution in [0.4, 0.5) is 13.2 Å². The maximum Gasteiger partial charge on any atom is 0.416 e. The fourth-order valence-electron chi connectivity index (χ4n) is 3.96. The van der Waals surface area contributed by atoms with Gasteiger partial charge in [0.05, 0.1) is 33.1 Å². The first-order valence-electron chi connectivity index (χ1n) is 9.94. The summed E-state index contributed by atoms with van der Waals surface area (Å²) in [5, 5.41) is 10.9. The average Bonchev–Trinajstić information content (AvgIpc) is 3.40. The van der Waals surface area contributed by atoms with Crippen LogP contribution in [0.25, 0.3) is 28.5 Å². The lowest BCUT2D eigenvalue weighted by atomic mass is 9.94. The molecule has 1 saturated heterocycles. The Balaban J connectivity index is 0.00000274. The van der Waals surface area contributed by atoms with Crippen LogP contribution in [0.15, 0.2) is 33.7 Å². The minimum Gasteiger partial charge on any atom is -0.333 e. The third kappa shape index (κ3) is 4.40. The van der Waals surface area contributed by atoms with Crippen molar-refractivity contribution < 1.29 is 17.7 Å². The molecule has 14 heteroatoms. The number of nitrogens with zero attached hydrogens (tertiary/aromatic N) is 4. The highest BCUT2D eigenvalue weighted by Gasteiger charge is 2.33. The molecule has 0 aliphatic carbocycles. The smallest absolute Gasteiger partial charge is 0.333 e. The first kappa shape index (κ1) is 24.5. The Bertz CT molecular complexity index is 1390. The van der Waals surface area contributed by atoms with E-state index in [0.717, 1.165) is 43.8 Å². The number of hydrogen-bond donors (Lipinski definition) is 2. The number of aromatic nitrogens is 5. The monoisotopic (exact) mass is 534 g/mol. The molecule has 8 nitrogen and oxygen atoms in total. The van der Waals surface area contributed by atoms with Gasteiger partial charge >= 0.3 is 6.18 Å². The van der Waals surface area contributed by atoms with Gasteiger partial charge in [0.2, 0.25) is 5.82 Å². The van der Waals surface area contributed by atoms with Gasteiger partial charge in [-0.3, -0.25) is 4.79 Å². The van der Waals surface area contributed by atoms with Gasteiger partial charge in [-0.2, -0.15) is 23.3 Å². The molecule has 1 aliphatic rings. The second-order valence-electron chi connectivity index (χ2n) is 7.64. The van der Waals surface area contributed by atoms with E-state index in [1.54, 1.807) is 4.52 Å². The molecule has 1 fully saturated rings. The summed E-state index contributed by atoms with van der Waals surface area (Å²) in [7, 11) is 0. The average molecular weight is 536 g/mol. The van der Waals surface area contributed by atoms with Crippen LogP contribution in [0, 0.1) is 0 Å². The van der Waals surface area contributed by atoms with E-state index in [4.69, 9.17) is 27.7 Å². The van der Waals surface area contributed by atoms with E-state index < -0.39 is 11.7 Å². The van der Waals surface area contributed by atoms with E-state index in [1.807, 2.05) is 0 Å². The third-order valence-corrected chi connectivity index (χ3v) is 6.14. The molecular weight excluding hydrogens is 520 g/mol. The number of hydrogen-bond acceptors (Lipinski definition) is 6. The van der Waals surface area contributed by atoms with Gasteiger partial charge in [-0.25, -0.2) is 4.52 Å². The third-order valence-electron chi connectivity index (χ3n) is 5.54. The van der Waals surface area contributed by atoms with Crippen molar-refractivity contribution in [1.82, 2.24) is 30.1 Å². The van der Waals surface area contributed by atoms with Gasteiger partial charge in [-0.1, -0.05) is 28.4 Å². The van der Waals surface area contributed by atoms with Crippen molar-refractivity contribution in [2.24, 2.45) is 0 Å². The van der Waals surface area contributed by atoms with Crippen molar-refractivity contribution >= 4 is 41.3 Å². The molecule has 0 saturated carbocycles. The molecule has 4 heterocycles. The van der Waals surface area contributed by atoms with Crippen LogP contribution in [0.3, 0.4) is 0 Å². The lowest BCUT2D eigenvalue weighted by molar-refractivity contribution is -0.137. The van der Waals surface area contributed by atoms with Crippen molar-refractivity contribution in [3.8, 4) is 22.8 Å². The zero-order chi connectivity index (χ0) is 23.3. The van der Waals surface area contributed by atoms with Crippen molar-refractivity contribution in [2.75, 3.05) is 13.1 Å². The summed E-state index contributed by atoms with van der Waals surface area (Å²) >= 11 is 12.1. The summed E-state index contributed by atoms with van der Waals surface area (Å²) in [5.74, 6) is 0.0712. The highest BCUT2D eigenvalue weighted by atomic mass is 35.5. The fraction of sp³-hybridized carbons (Fsp3) is 0.300. The number of rotatable bonds is 3. The quantitative estimate of drug-likeness (QED) is 0.385. The van der Waals surface area contributed by atoms with Crippen molar-refractivity contribution in [2.45, 2.75) is 24.9 Å². The van der Waals surface area contributed by atoms with Gasteiger partial charge in [-0.15, -0.1) is 12.4 Å². The predicted octanol–water partition coefficient (Wildman–Crippen LogP) is 4.95. The topological polar surface area (TPSA) is 101 Å². The number of piperidine rings is 1. The highest BCUT2D eigenvalue weighted by Crippen LogP contribution is 2.40. The molecule has 0 amide bonds. The SMILES string of the molecule is Cl.O=c1cc(C2CCNCC2)n2ncc(-c3nc(-c4c(Cl)cc(C(F)(F)F)cc4Cl)no3)c2[nH]1.